The summed E-state index contributed by atoms with van der Waals surface area (Å²) in [6, 6.07) is 0. The maximum atomic E-state index is 10.4. The molecule has 0 aromatic carbocycles. The van der Waals surface area contributed by atoms with Crippen LogP contribution in [0.25, 0.3) is 0 Å². The van der Waals surface area contributed by atoms with E-state index in [1.807, 2.05) is 0 Å². The predicted molar refractivity (Wildman–Crippen MR) is 44.8 cm³/mol. The maximum absolute atomic E-state index is 10.4. The first-order chi connectivity index (χ1) is 5.59. The SMILES string of the molecule is CC1CCC(O)C(CC(=O)O)C1. The average molecular weight is 172 g/mol. The lowest BCUT2D eigenvalue weighted by molar-refractivity contribution is -0.139. The molecule has 1 aliphatic carbocycles. The van der Waals surface area contributed by atoms with Crippen molar-refractivity contribution in [3.8, 4) is 0 Å². The molecule has 3 unspecified atom stereocenters. The highest BCUT2D eigenvalue weighted by atomic mass is 16.4. The van der Waals surface area contributed by atoms with Gasteiger partial charge in [-0.1, -0.05) is 6.92 Å². The predicted octanol–water partition coefficient (Wildman–Crippen LogP) is 1.26. The molecule has 0 aromatic heterocycles. The quantitative estimate of drug-likeness (QED) is 0.659. The first-order valence-corrected chi connectivity index (χ1v) is 4.49. The van der Waals surface area contributed by atoms with Crippen molar-refractivity contribution in [3.63, 3.8) is 0 Å². The van der Waals surface area contributed by atoms with E-state index >= 15 is 0 Å². The van der Waals surface area contributed by atoms with E-state index < -0.39 is 12.1 Å². The largest absolute Gasteiger partial charge is 0.481 e. The molecule has 0 spiro atoms. The normalized spacial score (nSPS) is 36.3. The van der Waals surface area contributed by atoms with Gasteiger partial charge >= 0.3 is 5.97 Å². The van der Waals surface area contributed by atoms with Crippen molar-refractivity contribution in [1.82, 2.24) is 0 Å². The molecule has 3 nitrogen and oxygen atoms in total. The summed E-state index contributed by atoms with van der Waals surface area (Å²) in [4.78, 5) is 10.4. The Hall–Kier alpha value is -0.570. The van der Waals surface area contributed by atoms with Gasteiger partial charge in [0.05, 0.1) is 12.5 Å². The molecular formula is C9H16O3. The maximum Gasteiger partial charge on any atom is 0.303 e. The molecule has 0 heterocycles. The van der Waals surface area contributed by atoms with E-state index in [9.17, 15) is 9.90 Å². The fourth-order valence-corrected chi connectivity index (χ4v) is 1.93. The molecule has 1 fully saturated rings. The Labute approximate surface area is 72.4 Å². The van der Waals surface area contributed by atoms with Gasteiger partial charge in [-0.2, -0.15) is 0 Å². The zero-order chi connectivity index (χ0) is 9.14. The Morgan fingerprint density at radius 1 is 1.50 bits per heavy atom. The minimum Gasteiger partial charge on any atom is -0.481 e. The minimum atomic E-state index is -0.798. The molecule has 0 bridgehead atoms. The molecule has 0 aromatic rings. The van der Waals surface area contributed by atoms with Crippen LogP contribution in [-0.4, -0.2) is 22.3 Å². The van der Waals surface area contributed by atoms with Crippen molar-refractivity contribution in [3.05, 3.63) is 0 Å². The van der Waals surface area contributed by atoms with Crippen LogP contribution in [0.2, 0.25) is 0 Å². The Bertz CT molecular complexity index is 167. The standard InChI is InChI=1S/C9H16O3/c1-6-2-3-8(10)7(4-6)5-9(11)12/h6-8,10H,2-5H2,1H3,(H,11,12). The van der Waals surface area contributed by atoms with E-state index in [-0.39, 0.29) is 12.3 Å². The van der Waals surface area contributed by atoms with Gasteiger partial charge in [-0.3, -0.25) is 4.79 Å². The van der Waals surface area contributed by atoms with Gasteiger partial charge in [0.1, 0.15) is 0 Å². The summed E-state index contributed by atoms with van der Waals surface area (Å²) in [5, 5.41) is 18.0. The number of carbonyl (C=O) groups is 1. The van der Waals surface area contributed by atoms with Crippen LogP contribution < -0.4 is 0 Å². The summed E-state index contributed by atoms with van der Waals surface area (Å²) in [6.45, 7) is 2.11. The highest BCUT2D eigenvalue weighted by Gasteiger charge is 2.28. The smallest absolute Gasteiger partial charge is 0.303 e. The van der Waals surface area contributed by atoms with Gasteiger partial charge in [0.15, 0.2) is 0 Å². The minimum absolute atomic E-state index is 0.0220. The molecule has 2 N–H and O–H groups in total. The molecule has 70 valence electrons. The van der Waals surface area contributed by atoms with Crippen LogP contribution >= 0.6 is 0 Å². The molecule has 1 aliphatic rings. The van der Waals surface area contributed by atoms with Gasteiger partial charge in [0.2, 0.25) is 0 Å². The molecule has 0 radical (unpaired) electrons. The van der Waals surface area contributed by atoms with Gasteiger partial charge in [-0.05, 0) is 31.1 Å². The molecule has 1 saturated carbocycles. The molecular weight excluding hydrogens is 156 g/mol. The van der Waals surface area contributed by atoms with Crippen LogP contribution in [0.15, 0.2) is 0 Å². The van der Waals surface area contributed by atoms with Crippen molar-refractivity contribution in [2.75, 3.05) is 0 Å². The Morgan fingerprint density at radius 3 is 2.75 bits per heavy atom. The van der Waals surface area contributed by atoms with Gasteiger partial charge < -0.3 is 10.2 Å². The highest BCUT2D eigenvalue weighted by molar-refractivity contribution is 5.67. The lowest BCUT2D eigenvalue weighted by Crippen LogP contribution is -2.29. The number of aliphatic carboxylic acids is 1. The first-order valence-electron chi connectivity index (χ1n) is 4.49. The van der Waals surface area contributed by atoms with Crippen LogP contribution in [0.1, 0.15) is 32.6 Å². The third-order valence-electron chi connectivity index (χ3n) is 2.64. The molecule has 1 rings (SSSR count). The van der Waals surface area contributed by atoms with Gasteiger partial charge in [-0.25, -0.2) is 0 Å². The highest BCUT2D eigenvalue weighted by Crippen LogP contribution is 2.30. The summed E-state index contributed by atoms with van der Waals surface area (Å²) in [7, 11) is 0. The lowest BCUT2D eigenvalue weighted by Gasteiger charge is -2.30. The summed E-state index contributed by atoms with van der Waals surface area (Å²) in [6.07, 6.45) is 2.37. The number of rotatable bonds is 2. The van der Waals surface area contributed by atoms with E-state index in [1.54, 1.807) is 0 Å². The number of hydrogen-bond acceptors (Lipinski definition) is 2. The van der Waals surface area contributed by atoms with Crippen LogP contribution in [-0.2, 0) is 4.79 Å². The Balaban J connectivity index is 2.43. The van der Waals surface area contributed by atoms with Gasteiger partial charge in [0, 0.05) is 0 Å². The van der Waals surface area contributed by atoms with Crippen molar-refractivity contribution in [2.24, 2.45) is 11.8 Å². The van der Waals surface area contributed by atoms with Gasteiger partial charge in [-0.15, -0.1) is 0 Å². The fourth-order valence-electron chi connectivity index (χ4n) is 1.93. The topological polar surface area (TPSA) is 57.5 Å². The Kier molecular flexibility index (Phi) is 3.09. The van der Waals surface area contributed by atoms with E-state index in [4.69, 9.17) is 5.11 Å². The summed E-state index contributed by atoms with van der Waals surface area (Å²) >= 11 is 0. The number of aliphatic hydroxyl groups is 1. The molecule has 0 amide bonds. The summed E-state index contributed by atoms with van der Waals surface area (Å²) in [5.74, 6) is -0.253. The lowest BCUT2D eigenvalue weighted by atomic mass is 9.79. The van der Waals surface area contributed by atoms with Crippen molar-refractivity contribution >= 4 is 5.97 Å². The summed E-state index contributed by atoms with van der Waals surface area (Å²) in [5.41, 5.74) is 0. The molecule has 0 saturated heterocycles. The van der Waals surface area contributed by atoms with E-state index in [2.05, 4.69) is 6.92 Å². The number of carboxylic acid groups (broad SMARTS) is 1. The number of hydrogen-bond donors (Lipinski definition) is 2. The molecule has 12 heavy (non-hydrogen) atoms. The second-order valence-corrected chi connectivity index (χ2v) is 3.84. The van der Waals surface area contributed by atoms with E-state index in [0.717, 1.165) is 19.3 Å². The zero-order valence-electron chi connectivity index (χ0n) is 7.36. The van der Waals surface area contributed by atoms with Crippen molar-refractivity contribution in [2.45, 2.75) is 38.7 Å². The van der Waals surface area contributed by atoms with Crippen LogP contribution in [0, 0.1) is 11.8 Å². The second-order valence-electron chi connectivity index (χ2n) is 3.84. The molecule has 3 heteroatoms. The van der Waals surface area contributed by atoms with Crippen molar-refractivity contribution in [1.29, 1.82) is 0 Å². The first kappa shape index (κ1) is 9.52. The van der Waals surface area contributed by atoms with E-state index in [1.165, 1.54) is 0 Å². The second kappa shape index (κ2) is 3.90. The van der Waals surface area contributed by atoms with Crippen LogP contribution in [0.3, 0.4) is 0 Å². The fraction of sp³-hybridized carbons (Fsp3) is 0.889. The van der Waals surface area contributed by atoms with Gasteiger partial charge in [0.25, 0.3) is 0 Å². The monoisotopic (exact) mass is 172 g/mol. The molecule has 0 aliphatic heterocycles. The third-order valence-corrected chi connectivity index (χ3v) is 2.64. The van der Waals surface area contributed by atoms with Crippen LogP contribution in [0.5, 0.6) is 0 Å². The zero-order valence-corrected chi connectivity index (χ0v) is 7.36. The van der Waals surface area contributed by atoms with Crippen molar-refractivity contribution < 1.29 is 15.0 Å². The third kappa shape index (κ3) is 2.48. The summed E-state index contributed by atoms with van der Waals surface area (Å²) < 4.78 is 0. The van der Waals surface area contributed by atoms with E-state index in [0.29, 0.717) is 5.92 Å². The average Bonchev–Trinajstić information content (AvgIpc) is 1.96. The number of carboxylic acids is 1. The number of aliphatic hydroxyl groups excluding tert-OH is 1. The Morgan fingerprint density at radius 2 is 2.17 bits per heavy atom. The molecule has 3 atom stereocenters. The van der Waals surface area contributed by atoms with Crippen LogP contribution in [0.4, 0.5) is 0 Å².